The van der Waals surface area contributed by atoms with Crippen molar-refractivity contribution >= 4 is 21.3 Å². The van der Waals surface area contributed by atoms with Gasteiger partial charge in [0.1, 0.15) is 4.90 Å². The topological polar surface area (TPSA) is 148 Å². The summed E-state index contributed by atoms with van der Waals surface area (Å²) >= 11 is 0. The third kappa shape index (κ3) is 3.51. The monoisotopic (exact) mass is 425 g/mol. The van der Waals surface area contributed by atoms with E-state index in [9.17, 15) is 18.3 Å². The summed E-state index contributed by atoms with van der Waals surface area (Å²) in [5.74, 6) is -0.316. The zero-order valence-corrected chi connectivity index (χ0v) is 16.4. The Balaban J connectivity index is 1.83. The van der Waals surface area contributed by atoms with E-state index in [0.717, 1.165) is 17.1 Å². The van der Waals surface area contributed by atoms with Crippen LogP contribution in [0.3, 0.4) is 0 Å². The number of nitrogens with zero attached hydrogens (tertiary/aromatic N) is 6. The van der Waals surface area contributed by atoms with E-state index in [2.05, 4.69) is 25.4 Å². The summed E-state index contributed by atoms with van der Waals surface area (Å²) in [6.45, 7) is 0. The first kappa shape index (κ1) is 19.3. The van der Waals surface area contributed by atoms with Crippen LogP contribution in [0.25, 0.3) is 11.5 Å². The molecule has 0 aliphatic heterocycles. The molecule has 0 amide bonds. The van der Waals surface area contributed by atoms with Crippen molar-refractivity contribution in [3.8, 4) is 17.4 Å². The Morgan fingerprint density at radius 2 is 1.80 bits per heavy atom. The number of rotatable bonds is 5. The predicted molar refractivity (Wildman–Crippen MR) is 107 cm³/mol. The van der Waals surface area contributed by atoms with Crippen LogP contribution in [0.15, 0.2) is 80.8 Å². The second-order valence-corrected chi connectivity index (χ2v) is 8.17. The molecule has 0 fully saturated rings. The molecule has 4 rings (SSSR count). The molecule has 11 nitrogen and oxygen atoms in total. The van der Waals surface area contributed by atoms with Crippen molar-refractivity contribution in [2.45, 2.75) is 4.90 Å². The average molecular weight is 425 g/mol. The molecule has 3 heterocycles. The highest BCUT2D eigenvalue weighted by molar-refractivity contribution is 7.90. The summed E-state index contributed by atoms with van der Waals surface area (Å²) in [6.07, 6.45) is 3.63. The second kappa shape index (κ2) is 7.40. The molecule has 1 aromatic carbocycles. The maximum absolute atomic E-state index is 12.3. The quantitative estimate of drug-likeness (QED) is 0.469. The number of aromatic nitrogens is 5. The standard InChI is InChI=1S/C18H15N7O4S/c1-30(28,29)13-11-20-25(14-9-5-6-10-19-14)16(13)22-21-15-17(26)23-24(18(15)27)12-7-3-2-4-8-12/h2-11,27H,1H3,(H,23,26). The van der Waals surface area contributed by atoms with Gasteiger partial charge in [0, 0.05) is 12.5 Å². The fourth-order valence-electron chi connectivity index (χ4n) is 2.69. The average Bonchev–Trinajstić information content (AvgIpc) is 3.29. The number of hydrogen-bond acceptors (Lipinski definition) is 8. The molecule has 0 saturated heterocycles. The summed E-state index contributed by atoms with van der Waals surface area (Å²) in [5, 5.41) is 24.6. The zero-order valence-electron chi connectivity index (χ0n) is 15.5. The lowest BCUT2D eigenvalue weighted by Crippen LogP contribution is -2.03. The van der Waals surface area contributed by atoms with E-state index in [4.69, 9.17) is 0 Å². The Hall–Kier alpha value is -4.06. The van der Waals surface area contributed by atoms with Crippen molar-refractivity contribution in [3.05, 3.63) is 71.3 Å². The first-order valence-electron chi connectivity index (χ1n) is 8.57. The molecule has 0 aliphatic carbocycles. The molecule has 0 aliphatic rings. The van der Waals surface area contributed by atoms with Gasteiger partial charge in [0.15, 0.2) is 21.5 Å². The van der Waals surface area contributed by atoms with Crippen molar-refractivity contribution in [3.63, 3.8) is 0 Å². The lowest BCUT2D eigenvalue weighted by atomic mass is 10.3. The second-order valence-electron chi connectivity index (χ2n) is 6.19. The summed E-state index contributed by atoms with van der Waals surface area (Å²) in [5.41, 5.74) is -0.583. The van der Waals surface area contributed by atoms with Crippen molar-refractivity contribution < 1.29 is 13.5 Å². The van der Waals surface area contributed by atoms with Gasteiger partial charge in [-0.15, -0.1) is 10.2 Å². The molecule has 2 N–H and O–H groups in total. The smallest absolute Gasteiger partial charge is 0.296 e. The van der Waals surface area contributed by atoms with Crippen LogP contribution < -0.4 is 5.56 Å². The number of hydrogen-bond donors (Lipinski definition) is 2. The number of pyridine rings is 1. The minimum atomic E-state index is -3.70. The molecule has 0 radical (unpaired) electrons. The van der Waals surface area contributed by atoms with Gasteiger partial charge in [-0.2, -0.15) is 9.78 Å². The van der Waals surface area contributed by atoms with E-state index >= 15 is 0 Å². The van der Waals surface area contributed by atoms with Gasteiger partial charge in [-0.05, 0) is 24.3 Å². The van der Waals surface area contributed by atoms with E-state index in [1.807, 2.05) is 0 Å². The molecule has 3 aromatic heterocycles. The van der Waals surface area contributed by atoms with Gasteiger partial charge in [0.25, 0.3) is 5.56 Å². The van der Waals surface area contributed by atoms with Gasteiger partial charge >= 0.3 is 0 Å². The van der Waals surface area contributed by atoms with Crippen LogP contribution in [0.2, 0.25) is 0 Å². The molecule has 30 heavy (non-hydrogen) atoms. The predicted octanol–water partition coefficient (Wildman–Crippen LogP) is 2.27. The minimum absolute atomic E-state index is 0.150. The normalized spacial score (nSPS) is 11.9. The summed E-state index contributed by atoms with van der Waals surface area (Å²) in [4.78, 5) is 16.2. The maximum Gasteiger partial charge on any atom is 0.296 e. The van der Waals surface area contributed by atoms with Crippen molar-refractivity contribution in [1.82, 2.24) is 24.5 Å². The van der Waals surface area contributed by atoms with Gasteiger partial charge < -0.3 is 5.11 Å². The molecule has 0 unspecified atom stereocenters. The van der Waals surface area contributed by atoms with Crippen LogP contribution in [0.1, 0.15) is 0 Å². The lowest BCUT2D eigenvalue weighted by Gasteiger charge is -2.03. The molecule has 4 aromatic rings. The van der Waals surface area contributed by atoms with Crippen LogP contribution in [0, 0.1) is 0 Å². The molecular formula is C18H15N7O4S. The van der Waals surface area contributed by atoms with E-state index in [1.54, 1.807) is 48.5 Å². The van der Waals surface area contributed by atoms with Crippen LogP contribution in [0.5, 0.6) is 5.88 Å². The Morgan fingerprint density at radius 3 is 2.47 bits per heavy atom. The van der Waals surface area contributed by atoms with Crippen LogP contribution in [-0.2, 0) is 9.84 Å². The number of aromatic hydroxyl groups is 1. The molecule has 152 valence electrons. The van der Waals surface area contributed by atoms with Crippen LogP contribution in [0.4, 0.5) is 11.5 Å². The number of aromatic amines is 1. The summed E-state index contributed by atoms with van der Waals surface area (Å²) in [6, 6.07) is 13.6. The van der Waals surface area contributed by atoms with Gasteiger partial charge in [-0.3, -0.25) is 9.89 Å². The minimum Gasteiger partial charge on any atom is -0.492 e. The molecule has 0 atom stereocenters. The van der Waals surface area contributed by atoms with Gasteiger partial charge in [-0.25, -0.2) is 18.1 Å². The van der Waals surface area contributed by atoms with Crippen molar-refractivity contribution in [2.75, 3.05) is 6.26 Å². The highest BCUT2D eigenvalue weighted by atomic mass is 32.2. The fourth-order valence-corrected chi connectivity index (χ4v) is 3.39. The van der Waals surface area contributed by atoms with Crippen LogP contribution in [-0.4, -0.2) is 44.3 Å². The molecule has 0 saturated carbocycles. The van der Waals surface area contributed by atoms with E-state index in [-0.39, 0.29) is 16.4 Å². The Labute approximate surface area is 169 Å². The van der Waals surface area contributed by atoms with E-state index in [0.29, 0.717) is 11.5 Å². The summed E-state index contributed by atoms with van der Waals surface area (Å²) < 4.78 is 26.6. The van der Waals surface area contributed by atoms with E-state index < -0.39 is 21.3 Å². The first-order valence-corrected chi connectivity index (χ1v) is 10.5. The third-order valence-electron chi connectivity index (χ3n) is 4.09. The number of benzene rings is 1. The number of para-hydroxylation sites is 1. The molecule has 0 spiro atoms. The first-order chi connectivity index (χ1) is 14.4. The molecular weight excluding hydrogens is 410 g/mol. The van der Waals surface area contributed by atoms with Crippen molar-refractivity contribution in [1.29, 1.82) is 0 Å². The molecule has 12 heteroatoms. The van der Waals surface area contributed by atoms with Crippen LogP contribution >= 0.6 is 0 Å². The Kier molecular flexibility index (Phi) is 4.75. The summed E-state index contributed by atoms with van der Waals surface area (Å²) in [7, 11) is -3.70. The van der Waals surface area contributed by atoms with E-state index in [1.165, 1.54) is 10.9 Å². The number of H-pyrrole nitrogens is 1. The maximum atomic E-state index is 12.3. The SMILES string of the molecule is CS(=O)(=O)c1cnn(-c2ccccn2)c1N=Nc1c(O)n(-c2ccccc2)[nH]c1=O. The van der Waals surface area contributed by atoms with Gasteiger partial charge in [-0.1, -0.05) is 24.3 Å². The highest BCUT2D eigenvalue weighted by Gasteiger charge is 2.22. The van der Waals surface area contributed by atoms with Gasteiger partial charge in [0.05, 0.1) is 11.9 Å². The lowest BCUT2D eigenvalue weighted by molar-refractivity contribution is 0.434. The largest absolute Gasteiger partial charge is 0.492 e. The Bertz CT molecular complexity index is 1390. The number of azo groups is 1. The molecule has 0 bridgehead atoms. The number of sulfone groups is 1. The van der Waals surface area contributed by atoms with Crippen molar-refractivity contribution in [2.24, 2.45) is 10.2 Å². The Morgan fingerprint density at radius 1 is 1.07 bits per heavy atom. The highest BCUT2D eigenvalue weighted by Crippen LogP contribution is 2.30. The zero-order chi connectivity index (χ0) is 21.3. The third-order valence-corrected chi connectivity index (χ3v) is 5.18. The fraction of sp³-hybridized carbons (Fsp3) is 0.0556. The number of nitrogens with one attached hydrogen (secondary N) is 1. The van der Waals surface area contributed by atoms with Gasteiger partial charge in [0.2, 0.25) is 11.6 Å².